The zero-order valence-electron chi connectivity index (χ0n) is 11.8. The van der Waals surface area contributed by atoms with Gasteiger partial charge in [0.05, 0.1) is 5.92 Å². The summed E-state index contributed by atoms with van der Waals surface area (Å²) in [6.07, 6.45) is 6.11. The van der Waals surface area contributed by atoms with E-state index in [4.69, 9.17) is 0 Å². The average Bonchev–Trinajstić information content (AvgIpc) is 3.23. The molecule has 0 aromatic rings. The largest absolute Gasteiger partial charge is 0.356 e. The average molecular weight is 267 g/mol. The normalized spacial score (nSPS) is 23.0. The fourth-order valence-electron chi connectivity index (χ4n) is 2.40. The molecule has 1 unspecified atom stereocenters. The van der Waals surface area contributed by atoms with Gasteiger partial charge in [-0.25, -0.2) is 4.79 Å². The quantitative estimate of drug-likeness (QED) is 0.741. The van der Waals surface area contributed by atoms with Crippen molar-refractivity contribution < 1.29 is 9.59 Å². The van der Waals surface area contributed by atoms with E-state index in [0.717, 1.165) is 51.6 Å². The molecule has 0 bridgehead atoms. The minimum absolute atomic E-state index is 0.00792. The summed E-state index contributed by atoms with van der Waals surface area (Å²) in [6, 6.07) is 0.389. The molecule has 3 amide bonds. The fourth-order valence-corrected chi connectivity index (χ4v) is 2.40. The lowest BCUT2D eigenvalue weighted by molar-refractivity contribution is -0.126. The number of carbonyl (C=O) groups excluding carboxylic acids is 2. The summed E-state index contributed by atoms with van der Waals surface area (Å²) in [5.74, 6) is 0.0768. The number of hydrogen-bond donors (Lipinski definition) is 2. The maximum absolute atomic E-state index is 12.0. The van der Waals surface area contributed by atoms with E-state index in [1.807, 2.05) is 0 Å². The van der Waals surface area contributed by atoms with E-state index in [1.54, 1.807) is 4.90 Å². The zero-order chi connectivity index (χ0) is 13.7. The van der Waals surface area contributed by atoms with Crippen LogP contribution in [0.4, 0.5) is 4.79 Å². The lowest BCUT2D eigenvalue weighted by Gasteiger charge is -2.32. The van der Waals surface area contributed by atoms with Crippen LogP contribution in [0.2, 0.25) is 0 Å². The van der Waals surface area contributed by atoms with Crippen molar-refractivity contribution in [2.45, 2.75) is 51.5 Å². The number of nitrogens with zero attached hydrogens (tertiary/aromatic N) is 1. The summed E-state index contributed by atoms with van der Waals surface area (Å²) >= 11 is 0. The third-order valence-electron chi connectivity index (χ3n) is 3.81. The second-order valence-electron chi connectivity index (χ2n) is 5.65. The number of unbranched alkanes of at least 4 members (excludes halogenated alkanes) is 1. The van der Waals surface area contributed by atoms with Crippen molar-refractivity contribution in [3.63, 3.8) is 0 Å². The van der Waals surface area contributed by atoms with Gasteiger partial charge < -0.3 is 15.5 Å². The van der Waals surface area contributed by atoms with E-state index in [-0.39, 0.29) is 17.9 Å². The van der Waals surface area contributed by atoms with Crippen LogP contribution in [0.1, 0.15) is 45.4 Å². The summed E-state index contributed by atoms with van der Waals surface area (Å²) in [5, 5.41) is 5.96. The predicted molar refractivity (Wildman–Crippen MR) is 73.8 cm³/mol. The van der Waals surface area contributed by atoms with Gasteiger partial charge in [-0.1, -0.05) is 13.3 Å². The van der Waals surface area contributed by atoms with E-state index < -0.39 is 0 Å². The molecule has 1 aliphatic carbocycles. The maximum atomic E-state index is 12.0. The predicted octanol–water partition coefficient (Wildman–Crippen LogP) is 1.49. The first-order chi connectivity index (χ1) is 9.20. The lowest BCUT2D eigenvalue weighted by atomic mass is 9.97. The van der Waals surface area contributed by atoms with E-state index in [1.165, 1.54) is 0 Å². The van der Waals surface area contributed by atoms with Crippen molar-refractivity contribution in [3.8, 4) is 0 Å². The summed E-state index contributed by atoms with van der Waals surface area (Å²) in [4.78, 5) is 25.8. The van der Waals surface area contributed by atoms with Gasteiger partial charge in [0.15, 0.2) is 0 Å². The zero-order valence-corrected chi connectivity index (χ0v) is 11.8. The Hall–Kier alpha value is -1.26. The van der Waals surface area contributed by atoms with Gasteiger partial charge >= 0.3 is 6.03 Å². The Morgan fingerprint density at radius 3 is 2.74 bits per heavy atom. The van der Waals surface area contributed by atoms with E-state index >= 15 is 0 Å². The van der Waals surface area contributed by atoms with Crippen LogP contribution in [0.25, 0.3) is 0 Å². The third kappa shape index (κ3) is 4.40. The van der Waals surface area contributed by atoms with Crippen LogP contribution >= 0.6 is 0 Å². The molecule has 1 saturated heterocycles. The highest BCUT2D eigenvalue weighted by molar-refractivity contribution is 5.81. The number of urea groups is 1. The van der Waals surface area contributed by atoms with Crippen molar-refractivity contribution in [1.82, 2.24) is 15.5 Å². The van der Waals surface area contributed by atoms with Gasteiger partial charge in [0.2, 0.25) is 5.91 Å². The van der Waals surface area contributed by atoms with Gasteiger partial charge in [-0.2, -0.15) is 0 Å². The molecule has 5 heteroatoms. The minimum atomic E-state index is -0.0319. The van der Waals surface area contributed by atoms with Crippen LogP contribution in [-0.2, 0) is 4.79 Å². The van der Waals surface area contributed by atoms with Crippen molar-refractivity contribution in [3.05, 3.63) is 0 Å². The van der Waals surface area contributed by atoms with Crippen molar-refractivity contribution in [1.29, 1.82) is 0 Å². The molecule has 0 aromatic carbocycles. The number of piperidine rings is 1. The molecule has 108 valence electrons. The molecular formula is C14H25N3O2. The van der Waals surface area contributed by atoms with Gasteiger partial charge in [-0.3, -0.25) is 4.79 Å². The van der Waals surface area contributed by atoms with Crippen molar-refractivity contribution >= 4 is 11.9 Å². The first-order valence-corrected chi connectivity index (χ1v) is 7.54. The molecule has 2 fully saturated rings. The Bertz CT molecular complexity index is 329. The lowest BCUT2D eigenvalue weighted by Crippen LogP contribution is -2.49. The molecule has 1 aliphatic heterocycles. The van der Waals surface area contributed by atoms with Crippen LogP contribution in [-0.4, -0.2) is 42.5 Å². The number of likely N-dealkylation sites (tertiary alicyclic amines) is 1. The first-order valence-electron chi connectivity index (χ1n) is 7.54. The molecule has 1 atom stereocenters. The molecule has 2 N–H and O–H groups in total. The minimum Gasteiger partial charge on any atom is -0.356 e. The molecule has 1 saturated carbocycles. The van der Waals surface area contributed by atoms with Gasteiger partial charge in [-0.15, -0.1) is 0 Å². The Kier molecular flexibility index (Phi) is 5.05. The Morgan fingerprint density at radius 1 is 1.26 bits per heavy atom. The highest BCUT2D eigenvalue weighted by Gasteiger charge is 2.31. The molecule has 1 heterocycles. The van der Waals surface area contributed by atoms with Gasteiger partial charge in [0, 0.05) is 25.7 Å². The summed E-state index contributed by atoms with van der Waals surface area (Å²) in [5.41, 5.74) is 0. The van der Waals surface area contributed by atoms with Gasteiger partial charge in [0.1, 0.15) is 0 Å². The van der Waals surface area contributed by atoms with Gasteiger partial charge in [-0.05, 0) is 32.1 Å². The second-order valence-corrected chi connectivity index (χ2v) is 5.65. The van der Waals surface area contributed by atoms with E-state index in [9.17, 15) is 9.59 Å². The number of hydrogen-bond acceptors (Lipinski definition) is 2. The monoisotopic (exact) mass is 267 g/mol. The Morgan fingerprint density at radius 2 is 2.05 bits per heavy atom. The standard InChI is InChI=1S/C14H25N3O2/c1-2-3-8-15-13(18)11-5-4-9-17(10-11)14(19)16-12-6-7-12/h11-12H,2-10H2,1H3,(H,15,18)(H,16,19). The molecule has 0 radical (unpaired) electrons. The smallest absolute Gasteiger partial charge is 0.317 e. The Balaban J connectivity index is 1.75. The molecule has 2 rings (SSSR count). The topological polar surface area (TPSA) is 61.4 Å². The van der Waals surface area contributed by atoms with Crippen molar-refractivity contribution in [2.75, 3.05) is 19.6 Å². The van der Waals surface area contributed by atoms with Crippen LogP contribution in [0.3, 0.4) is 0 Å². The summed E-state index contributed by atoms with van der Waals surface area (Å²) in [6.45, 7) is 4.20. The number of rotatable bonds is 5. The molecule has 5 nitrogen and oxygen atoms in total. The summed E-state index contributed by atoms with van der Waals surface area (Å²) in [7, 11) is 0. The number of amides is 3. The fraction of sp³-hybridized carbons (Fsp3) is 0.857. The molecule has 0 spiro atoms. The number of nitrogens with one attached hydrogen (secondary N) is 2. The highest BCUT2D eigenvalue weighted by atomic mass is 16.2. The Labute approximate surface area is 115 Å². The van der Waals surface area contributed by atoms with Crippen LogP contribution in [0.15, 0.2) is 0 Å². The van der Waals surface area contributed by atoms with Crippen molar-refractivity contribution in [2.24, 2.45) is 5.92 Å². The van der Waals surface area contributed by atoms with E-state index in [0.29, 0.717) is 12.6 Å². The molecule has 2 aliphatic rings. The second kappa shape index (κ2) is 6.78. The van der Waals surface area contributed by atoms with Crippen LogP contribution in [0.5, 0.6) is 0 Å². The SMILES string of the molecule is CCCCNC(=O)C1CCCN(C(=O)NC2CC2)C1. The molecular weight excluding hydrogens is 242 g/mol. The van der Waals surface area contributed by atoms with Gasteiger partial charge in [0.25, 0.3) is 0 Å². The maximum Gasteiger partial charge on any atom is 0.317 e. The number of carbonyl (C=O) groups is 2. The first kappa shape index (κ1) is 14.2. The van der Waals surface area contributed by atoms with E-state index in [2.05, 4.69) is 17.6 Å². The molecule has 0 aromatic heterocycles. The van der Waals surface area contributed by atoms with Crippen LogP contribution < -0.4 is 10.6 Å². The third-order valence-corrected chi connectivity index (χ3v) is 3.81. The molecule has 19 heavy (non-hydrogen) atoms. The highest BCUT2D eigenvalue weighted by Crippen LogP contribution is 2.21. The van der Waals surface area contributed by atoms with Crippen LogP contribution in [0, 0.1) is 5.92 Å². The summed E-state index contributed by atoms with van der Waals surface area (Å²) < 4.78 is 0.